The van der Waals surface area contributed by atoms with Crippen LogP contribution < -0.4 is 13.3 Å². The molecule has 1 saturated heterocycles. The topological polar surface area (TPSA) is 79.0 Å². The number of anilines is 1. The summed E-state index contributed by atoms with van der Waals surface area (Å²) in [6, 6.07) is 1.68. The van der Waals surface area contributed by atoms with Gasteiger partial charge in [-0.15, -0.1) is 10.2 Å². The van der Waals surface area contributed by atoms with Gasteiger partial charge in [-0.3, -0.25) is 5.10 Å². The summed E-state index contributed by atoms with van der Waals surface area (Å²) in [5, 5.41) is 19.5. The summed E-state index contributed by atoms with van der Waals surface area (Å²) in [5.41, 5.74) is 0.389. The van der Waals surface area contributed by atoms with E-state index < -0.39 is 11.6 Å². The van der Waals surface area contributed by atoms with Gasteiger partial charge in [-0.25, -0.2) is 8.78 Å². The van der Waals surface area contributed by atoms with Gasteiger partial charge in [0.2, 0.25) is 5.13 Å². The molecule has 2 N–H and O–H groups in total. The van der Waals surface area contributed by atoms with Crippen LogP contribution in [0.1, 0.15) is 40.5 Å². The molecule has 1 aliphatic rings. The second-order valence-electron chi connectivity index (χ2n) is 9.44. The number of benzene rings is 1. The second kappa shape index (κ2) is 8.49. The van der Waals surface area contributed by atoms with Crippen molar-refractivity contribution in [3.63, 3.8) is 0 Å². The maximum absolute atomic E-state index is 15.2. The molecule has 4 rings (SSSR count). The minimum Gasteiger partial charge on any atom is -0.427 e. The largest absolute Gasteiger partial charge is 0.427 e. The van der Waals surface area contributed by atoms with Crippen molar-refractivity contribution in [2.24, 2.45) is 0 Å². The molecular formula is C21H25F2IN6OS. The van der Waals surface area contributed by atoms with Gasteiger partial charge in [0.15, 0.2) is 39.6 Å². The fraction of sp³-hybridized carbons (Fsp3) is 0.476. The molecule has 0 saturated carbocycles. The highest BCUT2D eigenvalue weighted by Crippen LogP contribution is 2.43. The zero-order valence-electron chi connectivity index (χ0n) is 18.5. The van der Waals surface area contributed by atoms with Crippen molar-refractivity contribution in [3.8, 4) is 27.4 Å². The van der Waals surface area contributed by atoms with Crippen LogP contribution in [0.15, 0.2) is 18.5 Å². The molecule has 0 radical (unpaired) electrons. The molecule has 3 aromatic rings. The van der Waals surface area contributed by atoms with Crippen molar-refractivity contribution in [1.82, 2.24) is 25.7 Å². The number of rotatable bonds is 5. The highest BCUT2D eigenvalue weighted by Gasteiger charge is 2.40. The lowest BCUT2D eigenvalue weighted by molar-refractivity contribution is 0.161. The Morgan fingerprint density at radius 2 is 1.84 bits per heavy atom. The molecule has 2 aromatic heterocycles. The van der Waals surface area contributed by atoms with Gasteiger partial charge in [-0.2, -0.15) is 5.10 Å². The van der Waals surface area contributed by atoms with Crippen molar-refractivity contribution >= 4 is 39.5 Å². The van der Waals surface area contributed by atoms with Gasteiger partial charge in [0, 0.05) is 41.5 Å². The Hall–Kier alpha value is -1.86. The Labute approximate surface area is 203 Å². The quantitative estimate of drug-likeness (QED) is 0.401. The third-order valence-corrected chi connectivity index (χ3v) is 7.21. The Morgan fingerprint density at radius 3 is 2.44 bits per heavy atom. The summed E-state index contributed by atoms with van der Waals surface area (Å²) >= 11 is 2.88. The zero-order chi connectivity index (χ0) is 23.3. The molecule has 0 aliphatic carbocycles. The Morgan fingerprint density at radius 1 is 1.16 bits per heavy atom. The van der Waals surface area contributed by atoms with Crippen molar-refractivity contribution in [2.75, 3.05) is 11.9 Å². The van der Waals surface area contributed by atoms with Crippen LogP contribution in [0.4, 0.5) is 13.9 Å². The molecule has 3 heterocycles. The Bertz CT molecular complexity index is 1100. The van der Waals surface area contributed by atoms with Crippen LogP contribution in [0.2, 0.25) is 0 Å². The van der Waals surface area contributed by atoms with E-state index >= 15 is 4.39 Å². The third kappa shape index (κ3) is 4.46. The smallest absolute Gasteiger partial charge is 0.208 e. The minimum atomic E-state index is -1.02. The van der Waals surface area contributed by atoms with Crippen LogP contribution in [-0.2, 0) is 0 Å². The lowest BCUT2D eigenvalue weighted by Gasteiger charge is -2.48. The zero-order valence-corrected chi connectivity index (χ0v) is 21.4. The normalized spacial score (nSPS) is 18.0. The lowest BCUT2D eigenvalue weighted by Crippen LogP contribution is -2.61. The summed E-state index contributed by atoms with van der Waals surface area (Å²) < 4.78 is 35.5. The molecule has 0 bridgehead atoms. The monoisotopic (exact) mass is 574 g/mol. The molecular weight excluding hydrogens is 549 g/mol. The van der Waals surface area contributed by atoms with Crippen LogP contribution >= 0.6 is 34.3 Å². The van der Waals surface area contributed by atoms with Gasteiger partial charge in [-0.05, 0) is 46.6 Å². The number of aromatic amines is 1. The maximum Gasteiger partial charge on any atom is 0.208 e. The molecule has 1 fully saturated rings. The van der Waals surface area contributed by atoms with E-state index in [0.29, 0.717) is 10.7 Å². The van der Waals surface area contributed by atoms with Gasteiger partial charge in [0.1, 0.15) is 5.75 Å². The van der Waals surface area contributed by atoms with Crippen molar-refractivity contribution in [3.05, 3.63) is 30.1 Å². The fourth-order valence-corrected chi connectivity index (χ4v) is 5.90. The van der Waals surface area contributed by atoms with Crippen molar-refractivity contribution in [1.29, 1.82) is 0 Å². The van der Waals surface area contributed by atoms with Gasteiger partial charge in [0.25, 0.3) is 0 Å². The first kappa shape index (κ1) is 23.3. The summed E-state index contributed by atoms with van der Waals surface area (Å²) in [5.74, 6) is -1.83. The van der Waals surface area contributed by atoms with Crippen LogP contribution in [0.5, 0.6) is 5.75 Å². The number of hydrogen-bond donors (Lipinski definition) is 2. The van der Waals surface area contributed by atoms with Gasteiger partial charge >= 0.3 is 0 Å². The van der Waals surface area contributed by atoms with E-state index in [2.05, 4.69) is 58.3 Å². The average Bonchev–Trinajstić information content (AvgIpc) is 3.39. The van der Waals surface area contributed by atoms with Crippen molar-refractivity contribution < 1.29 is 11.8 Å². The van der Waals surface area contributed by atoms with Gasteiger partial charge in [-0.1, -0.05) is 11.3 Å². The molecule has 1 aliphatic heterocycles. The fourth-order valence-electron chi connectivity index (χ4n) is 4.63. The Kier molecular flexibility index (Phi) is 6.18. The number of H-pyrrole nitrogens is 1. The molecule has 0 atom stereocenters. The first-order chi connectivity index (χ1) is 15.0. The van der Waals surface area contributed by atoms with E-state index in [1.807, 2.05) is 7.05 Å². The average molecular weight is 574 g/mol. The number of nitrogens with one attached hydrogen (secondary N) is 2. The number of piperidine rings is 1. The van der Waals surface area contributed by atoms with E-state index in [1.165, 1.54) is 29.8 Å². The van der Waals surface area contributed by atoms with E-state index in [4.69, 9.17) is 3.07 Å². The summed E-state index contributed by atoms with van der Waals surface area (Å²) in [7, 11) is 1.97. The molecule has 7 nitrogen and oxygen atoms in total. The molecule has 0 spiro atoms. The standard InChI is InChI=1S/C21H25F2IN6OS/c1-20(2)7-12(8-21(3,4)29-20)30(5)19-28-27-18(32-19)15-14(31-24)6-13(16(22)17(15)23)11-9-25-26-10-11/h6,9-10,12,29H,7-8H2,1-5H3,(H,25,26). The first-order valence-corrected chi connectivity index (χ1v) is 11.9. The molecule has 11 heteroatoms. The molecule has 0 amide bonds. The van der Waals surface area contributed by atoms with Crippen molar-refractivity contribution in [2.45, 2.75) is 57.7 Å². The third-order valence-electron chi connectivity index (χ3n) is 5.71. The van der Waals surface area contributed by atoms with Gasteiger partial charge in [0.05, 0.1) is 11.8 Å². The number of hydrogen-bond acceptors (Lipinski definition) is 7. The molecule has 32 heavy (non-hydrogen) atoms. The summed E-state index contributed by atoms with van der Waals surface area (Å²) in [6.45, 7) is 8.74. The highest BCUT2D eigenvalue weighted by molar-refractivity contribution is 14.1. The van der Waals surface area contributed by atoms with Crippen LogP contribution in [0.25, 0.3) is 21.7 Å². The first-order valence-electron chi connectivity index (χ1n) is 10.2. The summed E-state index contributed by atoms with van der Waals surface area (Å²) in [6.07, 6.45) is 4.77. The number of aromatic nitrogens is 4. The second-order valence-corrected chi connectivity index (χ2v) is 10.8. The van der Waals surface area contributed by atoms with Gasteiger partial charge < -0.3 is 13.3 Å². The van der Waals surface area contributed by atoms with Crippen LogP contribution in [0.3, 0.4) is 0 Å². The Balaban J connectivity index is 1.69. The predicted molar refractivity (Wildman–Crippen MR) is 130 cm³/mol. The highest BCUT2D eigenvalue weighted by atomic mass is 127. The van der Waals surface area contributed by atoms with Crippen LogP contribution in [-0.4, -0.2) is 44.6 Å². The minimum absolute atomic E-state index is 0.0332. The van der Waals surface area contributed by atoms with E-state index in [9.17, 15) is 4.39 Å². The summed E-state index contributed by atoms with van der Waals surface area (Å²) in [4.78, 5) is 2.09. The SMILES string of the molecule is CN(c1nnc(-c2c(OI)cc(-c3cn[nH]c3)c(F)c2F)s1)C1CC(C)(C)NC(C)(C)C1. The number of nitrogens with zero attached hydrogens (tertiary/aromatic N) is 4. The van der Waals surface area contributed by atoms with E-state index in [0.717, 1.165) is 12.8 Å². The molecule has 172 valence electrons. The van der Waals surface area contributed by atoms with E-state index in [-0.39, 0.29) is 39.0 Å². The molecule has 1 aromatic carbocycles. The van der Waals surface area contributed by atoms with E-state index in [1.54, 1.807) is 23.0 Å². The molecule has 0 unspecified atom stereocenters. The maximum atomic E-state index is 15.2. The number of halogens is 3. The predicted octanol–water partition coefficient (Wildman–Crippen LogP) is 5.35. The van der Waals surface area contributed by atoms with Crippen LogP contribution in [0, 0.1) is 11.6 Å². The lowest BCUT2D eigenvalue weighted by atomic mass is 9.79.